The van der Waals surface area contributed by atoms with E-state index in [1.807, 2.05) is 42.6 Å². The second kappa shape index (κ2) is 7.85. The van der Waals surface area contributed by atoms with Gasteiger partial charge < -0.3 is 0 Å². The quantitative estimate of drug-likeness (QED) is 0.190. The van der Waals surface area contributed by atoms with Gasteiger partial charge in [-0.15, -0.1) is 10.2 Å². The van der Waals surface area contributed by atoms with Gasteiger partial charge in [0.1, 0.15) is 0 Å². The van der Waals surface area contributed by atoms with Crippen LogP contribution in [-0.2, 0) is 0 Å². The van der Waals surface area contributed by atoms with Gasteiger partial charge in [0.15, 0.2) is 12.4 Å². The largest absolute Gasteiger partial charge is 0.269 e. The summed E-state index contributed by atoms with van der Waals surface area (Å²) >= 11 is 0. The van der Waals surface area contributed by atoms with Crippen molar-refractivity contribution < 1.29 is 38.2 Å². The van der Waals surface area contributed by atoms with Crippen LogP contribution in [0.1, 0.15) is 0 Å². The van der Waals surface area contributed by atoms with Crippen LogP contribution >= 0.6 is 0 Å². The predicted molar refractivity (Wildman–Crippen MR) is 89.2 cm³/mol. The molecule has 142 valence electrons. The van der Waals surface area contributed by atoms with E-state index < -0.39 is 10.2 Å². The van der Waals surface area contributed by atoms with Gasteiger partial charge in [0.05, 0.1) is 10.5 Å². The summed E-state index contributed by atoms with van der Waals surface area (Å²) in [5.41, 5.74) is 3.22. The fraction of sp³-hybridized carbons (Fsp3) is 0. The number of rotatable bonds is 2. The number of fused-ring (bicyclic) bond motifs is 2. The summed E-state index contributed by atoms with van der Waals surface area (Å²) in [6.45, 7) is 0. The van der Waals surface area contributed by atoms with Crippen molar-refractivity contribution in [3.05, 3.63) is 89.2 Å². The Hall–Kier alpha value is -3.14. The van der Waals surface area contributed by atoms with Gasteiger partial charge in [-0.3, -0.25) is 10.1 Å². The summed E-state index contributed by atoms with van der Waals surface area (Å²) in [4.78, 5) is 10.5. The lowest BCUT2D eigenvalue weighted by molar-refractivity contribution is -2.00. The van der Waals surface area contributed by atoms with Crippen LogP contribution in [0, 0.1) is 20.4 Å². The number of nitro benzene ring substituents is 1. The number of nitrogens with zero attached hydrogens (tertiary/aromatic N) is 2. The van der Waals surface area contributed by atoms with Gasteiger partial charge in [0.25, 0.3) is 5.69 Å². The number of nitro groups is 1. The molecule has 8 nitrogen and oxygen atoms in total. The summed E-state index contributed by atoms with van der Waals surface area (Å²) in [7, 11) is -4.94. The second-order valence-electron chi connectivity index (χ2n) is 5.77. The maximum Gasteiger partial charge on any atom is 0.269 e. The van der Waals surface area contributed by atoms with Crippen molar-refractivity contribution in [2.45, 2.75) is 0 Å². The van der Waals surface area contributed by atoms with E-state index in [0.717, 1.165) is 27.4 Å². The van der Waals surface area contributed by atoms with E-state index in [1.165, 1.54) is 0 Å². The van der Waals surface area contributed by atoms with Crippen LogP contribution in [-0.4, -0.2) is 4.92 Å². The van der Waals surface area contributed by atoms with Crippen molar-refractivity contribution in [2.24, 2.45) is 0 Å². The Morgan fingerprint density at radius 2 is 1.43 bits per heavy atom. The van der Waals surface area contributed by atoms with Crippen LogP contribution in [0.2, 0.25) is 0 Å². The van der Waals surface area contributed by atoms with Crippen molar-refractivity contribution in [1.29, 1.82) is 0 Å². The van der Waals surface area contributed by atoms with Gasteiger partial charge in [0.2, 0.25) is 5.52 Å². The molecule has 0 spiro atoms. The first-order chi connectivity index (χ1) is 13.2. The molecule has 0 aliphatic rings. The predicted octanol–water partition coefficient (Wildman–Crippen LogP) is -0.602. The van der Waals surface area contributed by atoms with Crippen molar-refractivity contribution in [3.8, 4) is 11.1 Å². The zero-order valence-corrected chi connectivity index (χ0v) is 15.0. The van der Waals surface area contributed by atoms with Crippen molar-refractivity contribution in [1.82, 2.24) is 0 Å². The van der Waals surface area contributed by atoms with Gasteiger partial charge in [-0.2, -0.15) is 4.40 Å². The Morgan fingerprint density at radius 1 is 0.821 bits per heavy atom. The Kier molecular flexibility index (Phi) is 5.50. The first kappa shape index (κ1) is 19.6. The average Bonchev–Trinajstić information content (AvgIpc) is 2.65. The van der Waals surface area contributed by atoms with Crippen LogP contribution < -0.4 is 23.0 Å². The van der Waals surface area contributed by atoms with E-state index in [4.69, 9.17) is 18.6 Å². The molecule has 0 fully saturated rings. The third-order valence-electron chi connectivity index (χ3n) is 4.02. The molecule has 9 heteroatoms. The third-order valence-corrected chi connectivity index (χ3v) is 4.02. The number of halogens is 1. The van der Waals surface area contributed by atoms with E-state index in [0.29, 0.717) is 0 Å². The number of aromatic nitrogens is 1. The second-order valence-corrected chi connectivity index (χ2v) is 6.52. The van der Waals surface area contributed by atoms with Crippen molar-refractivity contribution in [3.63, 3.8) is 0 Å². The minimum atomic E-state index is -4.94. The van der Waals surface area contributed by atoms with E-state index in [1.54, 1.807) is 12.1 Å². The van der Waals surface area contributed by atoms with Crippen LogP contribution in [0.5, 0.6) is 0 Å². The highest BCUT2D eigenvalue weighted by Crippen LogP contribution is 2.31. The molecule has 2 aromatic carbocycles. The van der Waals surface area contributed by atoms with Crippen LogP contribution in [0.3, 0.4) is 0 Å². The Balaban J connectivity index is 0.000000403. The molecule has 0 atom stereocenters. The number of hydrogen-bond donors (Lipinski definition) is 0. The van der Waals surface area contributed by atoms with Crippen LogP contribution in [0.15, 0.2) is 79.1 Å². The highest BCUT2D eigenvalue weighted by molar-refractivity contribution is 6.01. The minimum absolute atomic E-state index is 0.103. The molecule has 0 N–H and O–H groups in total. The normalized spacial score (nSPS) is 11.1. The van der Waals surface area contributed by atoms with E-state index >= 15 is 0 Å². The van der Waals surface area contributed by atoms with Gasteiger partial charge >= 0.3 is 0 Å². The van der Waals surface area contributed by atoms with E-state index in [9.17, 15) is 10.1 Å². The van der Waals surface area contributed by atoms with Crippen LogP contribution in [0.4, 0.5) is 5.69 Å². The fourth-order valence-corrected chi connectivity index (χ4v) is 2.96. The standard InChI is InChI=1S/C19H13N2O2.ClHO4/c22-21(23)16-10-8-14(9-11-16)19-17-6-2-1-5-15(17)13-20-12-4-3-7-18(19)20;2-1(3,4)5/h1-13H;(H,2,3,4,5)/q+1;/p-1. The molecule has 4 rings (SSSR count). The maximum atomic E-state index is 10.9. The van der Waals surface area contributed by atoms with Gasteiger partial charge in [0, 0.05) is 35.0 Å². The summed E-state index contributed by atoms with van der Waals surface area (Å²) in [6, 6.07) is 21.0. The molecule has 0 radical (unpaired) electrons. The summed E-state index contributed by atoms with van der Waals surface area (Å²) in [5.74, 6) is 0. The molecule has 0 aliphatic heterocycles. The molecule has 0 saturated carbocycles. The maximum absolute atomic E-state index is 10.9. The molecule has 2 heterocycles. The highest BCUT2D eigenvalue weighted by Gasteiger charge is 2.16. The lowest BCUT2D eigenvalue weighted by Gasteiger charge is -2.17. The zero-order valence-electron chi connectivity index (χ0n) is 14.2. The van der Waals surface area contributed by atoms with Crippen LogP contribution in [0.25, 0.3) is 27.4 Å². The fourth-order valence-electron chi connectivity index (χ4n) is 2.96. The monoisotopic (exact) mass is 400 g/mol. The lowest BCUT2D eigenvalue weighted by Crippen LogP contribution is -2.68. The van der Waals surface area contributed by atoms with Gasteiger partial charge in [-0.25, -0.2) is 18.6 Å². The lowest BCUT2D eigenvalue weighted by atomic mass is 9.98. The molecule has 0 aliphatic carbocycles. The molecular formula is C19H13ClN2O6. The molecule has 28 heavy (non-hydrogen) atoms. The zero-order chi connectivity index (χ0) is 20.3. The molecule has 0 unspecified atom stereocenters. The first-order valence-electron chi connectivity index (χ1n) is 7.92. The van der Waals surface area contributed by atoms with Crippen molar-refractivity contribution in [2.75, 3.05) is 0 Å². The molecule has 4 aromatic rings. The topological polar surface area (TPSA) is 139 Å². The van der Waals surface area contributed by atoms with E-state index in [2.05, 4.69) is 28.8 Å². The smallest absolute Gasteiger partial charge is 0.258 e. The van der Waals surface area contributed by atoms with Gasteiger partial charge in [-0.05, 0) is 29.8 Å². The molecule has 2 aromatic heterocycles. The minimum Gasteiger partial charge on any atom is -0.258 e. The summed E-state index contributed by atoms with van der Waals surface area (Å²) < 4.78 is 36.1. The number of benzene rings is 2. The molecule has 0 saturated heterocycles. The van der Waals surface area contributed by atoms with Crippen molar-refractivity contribution >= 4 is 22.0 Å². The highest BCUT2D eigenvalue weighted by atomic mass is 35.7. The number of hydrogen-bond acceptors (Lipinski definition) is 6. The Bertz CT molecular complexity index is 1080. The number of pyridine rings is 2. The van der Waals surface area contributed by atoms with E-state index in [-0.39, 0.29) is 10.6 Å². The number of non-ortho nitro benzene ring substituents is 1. The Morgan fingerprint density at radius 3 is 2.07 bits per heavy atom. The molecule has 0 amide bonds. The first-order valence-corrected chi connectivity index (χ1v) is 9.16. The summed E-state index contributed by atoms with van der Waals surface area (Å²) in [6.07, 6.45) is 4.11. The average molecular weight is 401 g/mol. The summed E-state index contributed by atoms with van der Waals surface area (Å²) in [5, 5.41) is 13.1. The third kappa shape index (κ3) is 4.58. The van der Waals surface area contributed by atoms with Gasteiger partial charge in [-0.1, -0.05) is 18.2 Å². The molecular weight excluding hydrogens is 388 g/mol. The molecule has 0 bridgehead atoms. The SMILES string of the molecule is O=[N+]([O-])c1ccc(-c2c3ccccc3c[n+]3ccccc23)cc1.[O-][Cl+3]([O-])([O-])[O-]. The Labute approximate surface area is 161 Å².